The number of rotatable bonds is 4. The summed E-state index contributed by atoms with van der Waals surface area (Å²) < 4.78 is 5.46. The molecule has 0 spiro atoms. The van der Waals surface area contributed by atoms with E-state index < -0.39 is 5.97 Å². The number of hydrogen-bond donors (Lipinski definition) is 1. The molecule has 1 aromatic heterocycles. The van der Waals surface area contributed by atoms with Crippen molar-refractivity contribution < 1.29 is 14.6 Å². The Morgan fingerprint density at radius 2 is 2.33 bits per heavy atom. The Bertz CT molecular complexity index is 390. The standard InChI is InChI=1S/C10H11NO3S/c1-15-8-5-4-7(14-6-2-3-6)9(11-8)10(12)13/h4-6H,2-3H2,1H3,(H,12,13). The van der Waals surface area contributed by atoms with E-state index in [1.54, 1.807) is 12.1 Å². The van der Waals surface area contributed by atoms with Crippen molar-refractivity contribution in [2.75, 3.05) is 6.26 Å². The molecule has 1 aromatic rings. The van der Waals surface area contributed by atoms with Crippen molar-refractivity contribution in [1.29, 1.82) is 0 Å². The molecule has 1 aliphatic carbocycles. The van der Waals surface area contributed by atoms with E-state index in [0.717, 1.165) is 12.8 Å². The summed E-state index contributed by atoms with van der Waals surface area (Å²) in [6.45, 7) is 0. The number of thioether (sulfide) groups is 1. The monoisotopic (exact) mass is 225 g/mol. The molecule has 1 heterocycles. The second-order valence-electron chi connectivity index (χ2n) is 3.32. The predicted molar refractivity (Wildman–Crippen MR) is 56.6 cm³/mol. The van der Waals surface area contributed by atoms with Gasteiger partial charge in [0.05, 0.1) is 11.1 Å². The van der Waals surface area contributed by atoms with Crippen LogP contribution < -0.4 is 4.74 Å². The van der Waals surface area contributed by atoms with Crippen molar-refractivity contribution in [2.45, 2.75) is 24.0 Å². The lowest BCUT2D eigenvalue weighted by molar-refractivity contribution is 0.0684. The maximum absolute atomic E-state index is 10.9. The Morgan fingerprint density at radius 1 is 1.60 bits per heavy atom. The van der Waals surface area contributed by atoms with E-state index >= 15 is 0 Å². The number of carbonyl (C=O) groups is 1. The lowest BCUT2D eigenvalue weighted by Crippen LogP contribution is -2.07. The topological polar surface area (TPSA) is 59.4 Å². The van der Waals surface area contributed by atoms with Gasteiger partial charge in [-0.1, -0.05) is 0 Å². The van der Waals surface area contributed by atoms with Crippen molar-refractivity contribution >= 4 is 17.7 Å². The zero-order valence-electron chi connectivity index (χ0n) is 8.27. The first-order valence-corrected chi connectivity index (χ1v) is 5.88. The van der Waals surface area contributed by atoms with Crippen molar-refractivity contribution in [2.24, 2.45) is 0 Å². The van der Waals surface area contributed by atoms with E-state index in [0.29, 0.717) is 10.8 Å². The minimum absolute atomic E-state index is 0.00810. The molecule has 0 atom stereocenters. The molecule has 0 aromatic carbocycles. The van der Waals surface area contributed by atoms with Gasteiger partial charge in [-0.15, -0.1) is 11.8 Å². The van der Waals surface area contributed by atoms with Crippen LogP contribution in [0.3, 0.4) is 0 Å². The first kappa shape index (κ1) is 10.3. The number of carboxylic acid groups (broad SMARTS) is 1. The van der Waals surface area contributed by atoms with Gasteiger partial charge in [0.1, 0.15) is 0 Å². The molecule has 1 aliphatic rings. The van der Waals surface area contributed by atoms with Gasteiger partial charge in [0.2, 0.25) is 0 Å². The summed E-state index contributed by atoms with van der Waals surface area (Å²) in [5, 5.41) is 9.66. The fraction of sp³-hybridized carbons (Fsp3) is 0.400. The zero-order valence-corrected chi connectivity index (χ0v) is 9.08. The van der Waals surface area contributed by atoms with Crippen LogP contribution in [0.5, 0.6) is 5.75 Å². The lowest BCUT2D eigenvalue weighted by atomic mass is 10.3. The molecule has 0 unspecified atom stereocenters. The summed E-state index contributed by atoms with van der Waals surface area (Å²) in [5.41, 5.74) is 0.00810. The molecular formula is C10H11NO3S. The normalized spacial score (nSPS) is 15.0. The summed E-state index contributed by atoms with van der Waals surface area (Å²) in [5.74, 6) is -0.663. The number of hydrogen-bond acceptors (Lipinski definition) is 4. The van der Waals surface area contributed by atoms with Gasteiger partial charge in [0.25, 0.3) is 0 Å². The Morgan fingerprint density at radius 3 is 2.87 bits per heavy atom. The fourth-order valence-electron chi connectivity index (χ4n) is 1.16. The first-order chi connectivity index (χ1) is 7.20. The third-order valence-electron chi connectivity index (χ3n) is 2.06. The van der Waals surface area contributed by atoms with Gasteiger partial charge in [-0.05, 0) is 31.2 Å². The smallest absolute Gasteiger partial charge is 0.358 e. The zero-order chi connectivity index (χ0) is 10.8. The van der Waals surface area contributed by atoms with Crippen LogP contribution in [0.4, 0.5) is 0 Å². The molecule has 0 amide bonds. The number of ether oxygens (including phenoxy) is 1. The predicted octanol–water partition coefficient (Wildman–Crippen LogP) is 2.04. The molecule has 1 saturated carbocycles. The van der Waals surface area contributed by atoms with Crippen LogP contribution >= 0.6 is 11.8 Å². The van der Waals surface area contributed by atoms with Crippen molar-refractivity contribution in [3.05, 3.63) is 17.8 Å². The van der Waals surface area contributed by atoms with Gasteiger partial charge in [0, 0.05) is 0 Å². The van der Waals surface area contributed by atoms with E-state index in [2.05, 4.69) is 4.98 Å². The maximum Gasteiger partial charge on any atom is 0.358 e. The number of aromatic carboxylic acids is 1. The first-order valence-electron chi connectivity index (χ1n) is 4.65. The van der Waals surface area contributed by atoms with Crippen LogP contribution in [-0.4, -0.2) is 28.4 Å². The average molecular weight is 225 g/mol. The molecule has 80 valence electrons. The summed E-state index contributed by atoms with van der Waals surface area (Å²) >= 11 is 1.41. The molecule has 1 N–H and O–H groups in total. The highest BCUT2D eigenvalue weighted by Gasteiger charge is 2.26. The molecule has 5 heteroatoms. The molecule has 0 aliphatic heterocycles. The van der Waals surface area contributed by atoms with Crippen LogP contribution in [0, 0.1) is 0 Å². The molecule has 2 rings (SSSR count). The van der Waals surface area contributed by atoms with Gasteiger partial charge < -0.3 is 9.84 Å². The van der Waals surface area contributed by atoms with Gasteiger partial charge in [0.15, 0.2) is 11.4 Å². The number of aromatic nitrogens is 1. The number of nitrogens with zero attached hydrogens (tertiary/aromatic N) is 1. The van der Waals surface area contributed by atoms with Crippen LogP contribution in [0.1, 0.15) is 23.3 Å². The highest BCUT2D eigenvalue weighted by molar-refractivity contribution is 7.98. The maximum atomic E-state index is 10.9. The van der Waals surface area contributed by atoms with Gasteiger partial charge >= 0.3 is 5.97 Å². The molecule has 0 saturated heterocycles. The SMILES string of the molecule is CSc1ccc(OC2CC2)c(C(=O)O)n1. The number of pyridine rings is 1. The average Bonchev–Trinajstić information content (AvgIpc) is 3.02. The van der Waals surface area contributed by atoms with Crippen LogP contribution in [-0.2, 0) is 0 Å². The molecule has 15 heavy (non-hydrogen) atoms. The van der Waals surface area contributed by atoms with Crippen LogP contribution in [0.15, 0.2) is 17.2 Å². The van der Waals surface area contributed by atoms with E-state index in [4.69, 9.17) is 9.84 Å². The molecule has 0 radical (unpaired) electrons. The summed E-state index contributed by atoms with van der Waals surface area (Å²) in [4.78, 5) is 15.0. The third kappa shape index (κ3) is 2.41. The van der Waals surface area contributed by atoms with E-state index in [9.17, 15) is 4.79 Å². The highest BCUT2D eigenvalue weighted by atomic mass is 32.2. The fourth-order valence-corrected chi connectivity index (χ4v) is 1.54. The second-order valence-corrected chi connectivity index (χ2v) is 4.15. The van der Waals surface area contributed by atoms with Crippen molar-refractivity contribution in [3.8, 4) is 5.75 Å². The quantitative estimate of drug-likeness (QED) is 0.794. The Hall–Kier alpha value is -1.23. The highest BCUT2D eigenvalue weighted by Crippen LogP contribution is 2.29. The summed E-state index contributed by atoms with van der Waals surface area (Å²) in [6.07, 6.45) is 4.05. The minimum Gasteiger partial charge on any atom is -0.488 e. The second kappa shape index (κ2) is 4.10. The molecule has 1 fully saturated rings. The van der Waals surface area contributed by atoms with Crippen molar-refractivity contribution in [3.63, 3.8) is 0 Å². The van der Waals surface area contributed by atoms with Crippen LogP contribution in [0.2, 0.25) is 0 Å². The Labute approximate surface area is 91.7 Å². The molecule has 0 bridgehead atoms. The summed E-state index contributed by atoms with van der Waals surface area (Å²) in [6, 6.07) is 3.45. The van der Waals surface area contributed by atoms with E-state index in [-0.39, 0.29) is 11.8 Å². The van der Waals surface area contributed by atoms with Gasteiger partial charge in [-0.3, -0.25) is 0 Å². The molecular weight excluding hydrogens is 214 g/mol. The van der Waals surface area contributed by atoms with Crippen LogP contribution in [0.25, 0.3) is 0 Å². The Balaban J connectivity index is 2.29. The minimum atomic E-state index is -1.04. The molecule has 4 nitrogen and oxygen atoms in total. The van der Waals surface area contributed by atoms with E-state index in [1.807, 2.05) is 6.26 Å². The Kier molecular flexibility index (Phi) is 2.81. The largest absolute Gasteiger partial charge is 0.488 e. The third-order valence-corrected chi connectivity index (χ3v) is 2.71. The van der Waals surface area contributed by atoms with Crippen molar-refractivity contribution in [1.82, 2.24) is 4.98 Å². The summed E-state index contributed by atoms with van der Waals surface area (Å²) in [7, 11) is 0. The lowest BCUT2D eigenvalue weighted by Gasteiger charge is -2.07. The van der Waals surface area contributed by atoms with Gasteiger partial charge in [-0.25, -0.2) is 9.78 Å². The van der Waals surface area contributed by atoms with Gasteiger partial charge in [-0.2, -0.15) is 0 Å². The number of carboxylic acids is 1. The van der Waals surface area contributed by atoms with E-state index in [1.165, 1.54) is 11.8 Å².